The van der Waals surface area contributed by atoms with E-state index in [2.05, 4.69) is 23.7 Å². The van der Waals surface area contributed by atoms with Crippen LogP contribution in [0.25, 0.3) is 0 Å². The first kappa shape index (κ1) is 19.4. The van der Waals surface area contributed by atoms with Gasteiger partial charge in [0.1, 0.15) is 11.6 Å². The molecule has 0 N–H and O–H groups in total. The van der Waals surface area contributed by atoms with Crippen LogP contribution in [0.1, 0.15) is 36.2 Å². The average Bonchev–Trinajstić information content (AvgIpc) is 2.86. The van der Waals surface area contributed by atoms with Gasteiger partial charge in [-0.05, 0) is 36.1 Å². The molecular formula is C21H25F2N3O. The summed E-state index contributed by atoms with van der Waals surface area (Å²) in [5.41, 5.74) is 1.33. The van der Waals surface area contributed by atoms with Crippen molar-refractivity contribution in [1.29, 1.82) is 0 Å². The topological polar surface area (TPSA) is 36.4 Å². The van der Waals surface area contributed by atoms with E-state index in [1.165, 1.54) is 24.4 Å². The zero-order valence-electron chi connectivity index (χ0n) is 15.7. The molecule has 0 radical (unpaired) electrons. The van der Waals surface area contributed by atoms with Crippen LogP contribution in [0.4, 0.5) is 8.78 Å². The molecule has 0 saturated carbocycles. The van der Waals surface area contributed by atoms with Crippen LogP contribution < -0.4 is 0 Å². The SMILES string of the molecule is CC(C)[C@@H]1CN(C(=O)c2cncc(F)c2)CCCN1Cc1ccc(F)cc1. The Hall–Kier alpha value is -2.34. The Balaban J connectivity index is 1.76. The molecule has 0 unspecified atom stereocenters. The number of amides is 1. The third-order valence-corrected chi connectivity index (χ3v) is 5.06. The van der Waals surface area contributed by atoms with E-state index in [0.29, 0.717) is 25.6 Å². The second-order valence-electron chi connectivity index (χ2n) is 7.40. The van der Waals surface area contributed by atoms with Gasteiger partial charge in [0.2, 0.25) is 0 Å². The molecule has 0 aliphatic carbocycles. The smallest absolute Gasteiger partial charge is 0.255 e. The van der Waals surface area contributed by atoms with Crippen molar-refractivity contribution >= 4 is 5.91 Å². The van der Waals surface area contributed by atoms with E-state index in [9.17, 15) is 13.6 Å². The number of pyridine rings is 1. The van der Waals surface area contributed by atoms with Gasteiger partial charge in [0.05, 0.1) is 11.8 Å². The molecule has 1 aromatic heterocycles. The van der Waals surface area contributed by atoms with E-state index >= 15 is 0 Å². The van der Waals surface area contributed by atoms with Crippen LogP contribution in [0.5, 0.6) is 0 Å². The summed E-state index contributed by atoms with van der Waals surface area (Å²) in [6, 6.07) is 7.97. The lowest BCUT2D eigenvalue weighted by Gasteiger charge is -2.34. The molecule has 1 aliphatic heterocycles. The molecule has 1 saturated heterocycles. The number of carbonyl (C=O) groups is 1. The molecule has 6 heteroatoms. The minimum absolute atomic E-state index is 0.169. The Morgan fingerprint density at radius 1 is 1.15 bits per heavy atom. The van der Waals surface area contributed by atoms with Gasteiger partial charge in [-0.1, -0.05) is 26.0 Å². The molecule has 1 fully saturated rings. The van der Waals surface area contributed by atoms with Crippen molar-refractivity contribution in [1.82, 2.24) is 14.8 Å². The molecule has 1 atom stereocenters. The van der Waals surface area contributed by atoms with E-state index in [-0.39, 0.29) is 23.3 Å². The number of carbonyl (C=O) groups excluding carboxylic acids is 1. The number of rotatable bonds is 4. The van der Waals surface area contributed by atoms with E-state index in [0.717, 1.165) is 24.7 Å². The fourth-order valence-electron chi connectivity index (χ4n) is 3.61. The van der Waals surface area contributed by atoms with Gasteiger partial charge in [0.25, 0.3) is 5.91 Å². The highest BCUT2D eigenvalue weighted by Crippen LogP contribution is 2.21. The molecular weight excluding hydrogens is 348 g/mol. The summed E-state index contributed by atoms with van der Waals surface area (Å²) in [7, 11) is 0. The summed E-state index contributed by atoms with van der Waals surface area (Å²) in [5.74, 6) is -0.592. The Bertz CT molecular complexity index is 779. The molecule has 3 rings (SSSR count). The Kier molecular flexibility index (Phi) is 6.16. The number of halogens is 2. The lowest BCUT2D eigenvalue weighted by atomic mass is 10.0. The van der Waals surface area contributed by atoms with Crippen molar-refractivity contribution in [3.63, 3.8) is 0 Å². The fourth-order valence-corrected chi connectivity index (χ4v) is 3.61. The van der Waals surface area contributed by atoms with Crippen molar-refractivity contribution in [3.8, 4) is 0 Å². The van der Waals surface area contributed by atoms with Gasteiger partial charge >= 0.3 is 0 Å². The van der Waals surface area contributed by atoms with Crippen LogP contribution in [0.2, 0.25) is 0 Å². The van der Waals surface area contributed by atoms with Crippen molar-refractivity contribution in [2.75, 3.05) is 19.6 Å². The van der Waals surface area contributed by atoms with Gasteiger partial charge in [-0.15, -0.1) is 0 Å². The highest BCUT2D eigenvalue weighted by molar-refractivity contribution is 5.94. The van der Waals surface area contributed by atoms with Crippen molar-refractivity contribution in [3.05, 3.63) is 65.5 Å². The van der Waals surface area contributed by atoms with E-state index in [1.54, 1.807) is 17.0 Å². The van der Waals surface area contributed by atoms with Crippen LogP contribution in [0, 0.1) is 17.6 Å². The minimum atomic E-state index is -0.506. The van der Waals surface area contributed by atoms with Crippen LogP contribution in [-0.4, -0.2) is 46.4 Å². The second-order valence-corrected chi connectivity index (χ2v) is 7.40. The number of benzene rings is 1. The minimum Gasteiger partial charge on any atom is -0.337 e. The van der Waals surface area contributed by atoms with Gasteiger partial charge < -0.3 is 4.90 Å². The molecule has 0 bridgehead atoms. The van der Waals surface area contributed by atoms with Gasteiger partial charge in [-0.2, -0.15) is 0 Å². The summed E-state index contributed by atoms with van der Waals surface area (Å²) >= 11 is 0. The molecule has 2 aromatic rings. The van der Waals surface area contributed by atoms with Gasteiger partial charge in [0, 0.05) is 38.4 Å². The number of hydrogen-bond acceptors (Lipinski definition) is 3. The molecule has 4 nitrogen and oxygen atoms in total. The third kappa shape index (κ3) is 4.89. The Morgan fingerprint density at radius 3 is 2.56 bits per heavy atom. The zero-order valence-corrected chi connectivity index (χ0v) is 15.7. The first-order valence-electron chi connectivity index (χ1n) is 9.32. The maximum atomic E-state index is 13.4. The Morgan fingerprint density at radius 2 is 1.89 bits per heavy atom. The number of nitrogens with zero attached hydrogens (tertiary/aromatic N) is 3. The molecule has 0 spiro atoms. The van der Waals surface area contributed by atoms with E-state index in [1.807, 2.05) is 0 Å². The molecule has 1 amide bonds. The van der Waals surface area contributed by atoms with Crippen LogP contribution in [0.3, 0.4) is 0 Å². The van der Waals surface area contributed by atoms with Gasteiger partial charge in [-0.25, -0.2) is 8.78 Å². The first-order chi connectivity index (χ1) is 12.9. The van der Waals surface area contributed by atoms with Crippen LogP contribution in [-0.2, 0) is 6.54 Å². The highest BCUT2D eigenvalue weighted by Gasteiger charge is 2.30. The van der Waals surface area contributed by atoms with Crippen molar-refractivity contribution < 1.29 is 13.6 Å². The maximum absolute atomic E-state index is 13.4. The molecule has 2 heterocycles. The summed E-state index contributed by atoms with van der Waals surface area (Å²) in [4.78, 5) is 20.8. The standard InChI is InChI=1S/C21H25F2N3O/c1-15(2)20-14-26(21(27)17-10-19(23)12-24-11-17)9-3-8-25(20)13-16-4-6-18(22)7-5-16/h4-7,10-12,15,20H,3,8-9,13-14H2,1-2H3/t20-/m0/s1. The third-order valence-electron chi connectivity index (χ3n) is 5.06. The Labute approximate surface area is 158 Å². The monoisotopic (exact) mass is 373 g/mol. The first-order valence-corrected chi connectivity index (χ1v) is 9.32. The molecule has 1 aliphatic rings. The summed E-state index contributed by atoms with van der Waals surface area (Å²) in [6.45, 7) is 7.05. The summed E-state index contributed by atoms with van der Waals surface area (Å²) < 4.78 is 26.6. The normalized spacial score (nSPS) is 18.6. The summed E-state index contributed by atoms with van der Waals surface area (Å²) in [5, 5.41) is 0. The largest absolute Gasteiger partial charge is 0.337 e. The van der Waals surface area contributed by atoms with Crippen LogP contribution in [0.15, 0.2) is 42.7 Å². The quantitative estimate of drug-likeness (QED) is 0.819. The maximum Gasteiger partial charge on any atom is 0.255 e. The van der Waals surface area contributed by atoms with E-state index in [4.69, 9.17) is 0 Å². The second kappa shape index (κ2) is 8.57. The van der Waals surface area contributed by atoms with E-state index < -0.39 is 5.82 Å². The summed E-state index contributed by atoms with van der Waals surface area (Å²) in [6.07, 6.45) is 3.34. The fraction of sp³-hybridized carbons (Fsp3) is 0.429. The average molecular weight is 373 g/mol. The van der Waals surface area contributed by atoms with Crippen molar-refractivity contribution in [2.45, 2.75) is 32.9 Å². The van der Waals surface area contributed by atoms with Gasteiger partial charge in [-0.3, -0.25) is 14.7 Å². The predicted molar refractivity (Wildman–Crippen MR) is 100 cm³/mol. The number of hydrogen-bond donors (Lipinski definition) is 0. The molecule has 144 valence electrons. The molecule has 1 aromatic carbocycles. The number of aromatic nitrogens is 1. The predicted octanol–water partition coefficient (Wildman–Crippen LogP) is 3.73. The molecule has 27 heavy (non-hydrogen) atoms. The lowest BCUT2D eigenvalue weighted by Crippen LogP contribution is -2.45. The van der Waals surface area contributed by atoms with Crippen LogP contribution >= 0.6 is 0 Å². The lowest BCUT2D eigenvalue weighted by molar-refractivity contribution is 0.0701. The zero-order chi connectivity index (χ0) is 19.4. The van der Waals surface area contributed by atoms with Gasteiger partial charge in [0.15, 0.2) is 0 Å². The van der Waals surface area contributed by atoms with Crippen molar-refractivity contribution in [2.24, 2.45) is 5.92 Å². The highest BCUT2D eigenvalue weighted by atomic mass is 19.1.